The first-order chi connectivity index (χ1) is 16.9. The standard InChI is InChI=1S/C26H22FN3O5/c1-2-34-24-14-17(13-18(15-28)26(33)29-19-8-10-20(31)11-9-19)7-12-23(24)35-16-25(32)30-22-6-4-3-5-21(22)27/h3-14,31H,2,16H2,1H3,(H,29,33)(H,30,32). The Morgan fingerprint density at radius 1 is 1.03 bits per heavy atom. The Hall–Kier alpha value is -4.84. The van der Waals surface area contributed by atoms with Crippen molar-refractivity contribution in [2.45, 2.75) is 6.92 Å². The van der Waals surface area contributed by atoms with Crippen LogP contribution in [0.1, 0.15) is 12.5 Å². The Kier molecular flexibility index (Phi) is 8.40. The topological polar surface area (TPSA) is 121 Å². The largest absolute Gasteiger partial charge is 0.508 e. The van der Waals surface area contributed by atoms with Crippen LogP contribution < -0.4 is 20.1 Å². The molecule has 9 heteroatoms. The molecule has 3 aromatic rings. The van der Waals surface area contributed by atoms with E-state index in [1.54, 1.807) is 31.2 Å². The van der Waals surface area contributed by atoms with Gasteiger partial charge in [-0.1, -0.05) is 18.2 Å². The Labute approximate surface area is 201 Å². The fourth-order valence-corrected chi connectivity index (χ4v) is 2.95. The van der Waals surface area contributed by atoms with Gasteiger partial charge in [0.25, 0.3) is 11.8 Å². The molecular formula is C26H22FN3O5. The quantitative estimate of drug-likeness (QED) is 0.238. The molecule has 3 aromatic carbocycles. The maximum Gasteiger partial charge on any atom is 0.266 e. The summed E-state index contributed by atoms with van der Waals surface area (Å²) < 4.78 is 24.8. The first-order valence-corrected chi connectivity index (χ1v) is 10.6. The van der Waals surface area contributed by atoms with E-state index in [0.29, 0.717) is 23.6 Å². The van der Waals surface area contributed by atoms with Crippen LogP contribution in [0, 0.1) is 17.1 Å². The highest BCUT2D eigenvalue weighted by Gasteiger charge is 2.13. The zero-order valence-electron chi connectivity index (χ0n) is 18.7. The zero-order chi connectivity index (χ0) is 25.2. The van der Waals surface area contributed by atoms with Crippen LogP contribution in [0.4, 0.5) is 15.8 Å². The molecule has 0 heterocycles. The molecule has 0 aliphatic carbocycles. The lowest BCUT2D eigenvalue weighted by Gasteiger charge is -2.13. The summed E-state index contributed by atoms with van der Waals surface area (Å²) in [5.41, 5.74) is 0.801. The number of phenolic OH excluding ortho intramolecular Hbond substituents is 1. The van der Waals surface area contributed by atoms with Crippen molar-refractivity contribution < 1.29 is 28.6 Å². The predicted octanol–water partition coefficient (Wildman–Crippen LogP) is 4.49. The highest BCUT2D eigenvalue weighted by Crippen LogP contribution is 2.29. The summed E-state index contributed by atoms with van der Waals surface area (Å²) in [5, 5.41) is 23.8. The lowest BCUT2D eigenvalue weighted by atomic mass is 10.1. The molecule has 3 rings (SSSR count). The van der Waals surface area contributed by atoms with E-state index >= 15 is 0 Å². The van der Waals surface area contributed by atoms with Crippen LogP contribution in [0.2, 0.25) is 0 Å². The molecule has 8 nitrogen and oxygen atoms in total. The summed E-state index contributed by atoms with van der Waals surface area (Å²) in [4.78, 5) is 24.6. The third kappa shape index (κ3) is 7.07. The molecule has 0 spiro atoms. The molecule has 3 N–H and O–H groups in total. The van der Waals surface area contributed by atoms with Crippen molar-refractivity contribution in [3.8, 4) is 23.3 Å². The van der Waals surface area contributed by atoms with Gasteiger partial charge in [0.2, 0.25) is 0 Å². The van der Waals surface area contributed by atoms with Crippen LogP contribution >= 0.6 is 0 Å². The Balaban J connectivity index is 1.71. The number of nitriles is 1. The first kappa shape index (κ1) is 24.8. The van der Waals surface area contributed by atoms with Gasteiger partial charge in [0, 0.05) is 5.69 Å². The first-order valence-electron chi connectivity index (χ1n) is 10.6. The molecule has 178 valence electrons. The number of hydrogen-bond acceptors (Lipinski definition) is 6. The molecule has 0 atom stereocenters. The van der Waals surface area contributed by atoms with Crippen LogP contribution in [0.25, 0.3) is 6.08 Å². The molecule has 2 amide bonds. The molecule has 0 radical (unpaired) electrons. The maximum atomic E-state index is 13.7. The minimum absolute atomic E-state index is 0.0428. The van der Waals surface area contributed by atoms with Gasteiger partial charge in [-0.2, -0.15) is 5.26 Å². The van der Waals surface area contributed by atoms with Crippen LogP contribution in [0.15, 0.2) is 72.3 Å². The number of hydrogen-bond donors (Lipinski definition) is 3. The molecule has 0 bridgehead atoms. The van der Waals surface area contributed by atoms with Crippen LogP contribution in [0.3, 0.4) is 0 Å². The lowest BCUT2D eigenvalue weighted by molar-refractivity contribution is -0.118. The number of amides is 2. The number of aromatic hydroxyl groups is 1. The third-order valence-corrected chi connectivity index (χ3v) is 4.58. The van der Waals surface area contributed by atoms with E-state index in [0.717, 1.165) is 0 Å². The highest BCUT2D eigenvalue weighted by atomic mass is 19.1. The fraction of sp³-hybridized carbons (Fsp3) is 0.115. The van der Waals surface area contributed by atoms with E-state index in [1.165, 1.54) is 48.5 Å². The third-order valence-electron chi connectivity index (χ3n) is 4.58. The number of rotatable bonds is 9. The van der Waals surface area contributed by atoms with Crippen molar-refractivity contribution in [3.05, 3.63) is 83.7 Å². The van der Waals surface area contributed by atoms with Crippen LogP contribution in [-0.4, -0.2) is 30.1 Å². The number of ether oxygens (including phenoxy) is 2. The van der Waals surface area contributed by atoms with Crippen molar-refractivity contribution in [2.75, 3.05) is 23.8 Å². The van der Waals surface area contributed by atoms with E-state index in [-0.39, 0.29) is 29.4 Å². The smallest absolute Gasteiger partial charge is 0.266 e. The summed E-state index contributed by atoms with van der Waals surface area (Å²) in [5.74, 6) is -1.12. The van der Waals surface area contributed by atoms with E-state index in [2.05, 4.69) is 10.6 Å². The van der Waals surface area contributed by atoms with Gasteiger partial charge >= 0.3 is 0 Å². The van der Waals surface area contributed by atoms with Crippen molar-refractivity contribution in [2.24, 2.45) is 0 Å². The van der Waals surface area contributed by atoms with Crippen molar-refractivity contribution in [1.82, 2.24) is 0 Å². The molecule has 0 aliphatic heterocycles. The van der Waals surface area contributed by atoms with Crippen molar-refractivity contribution >= 4 is 29.3 Å². The van der Waals surface area contributed by atoms with Gasteiger partial charge in [0.1, 0.15) is 23.2 Å². The average Bonchev–Trinajstić information content (AvgIpc) is 2.85. The Morgan fingerprint density at radius 3 is 2.46 bits per heavy atom. The molecule has 0 aliphatic rings. The second-order valence-electron chi connectivity index (χ2n) is 7.13. The molecule has 35 heavy (non-hydrogen) atoms. The number of anilines is 2. The molecule has 0 aromatic heterocycles. The Morgan fingerprint density at radius 2 is 1.77 bits per heavy atom. The Bertz CT molecular complexity index is 1280. The summed E-state index contributed by atoms with van der Waals surface area (Å²) in [7, 11) is 0. The molecule has 0 fully saturated rings. The molecule has 0 saturated carbocycles. The number of carbonyl (C=O) groups is 2. The fourth-order valence-electron chi connectivity index (χ4n) is 2.95. The van der Waals surface area contributed by atoms with Gasteiger partial charge in [-0.25, -0.2) is 4.39 Å². The molecule has 0 saturated heterocycles. The van der Waals surface area contributed by atoms with E-state index in [1.807, 2.05) is 6.07 Å². The second-order valence-corrected chi connectivity index (χ2v) is 7.13. The van der Waals surface area contributed by atoms with Crippen molar-refractivity contribution in [3.63, 3.8) is 0 Å². The number of benzene rings is 3. The minimum atomic E-state index is -0.624. The minimum Gasteiger partial charge on any atom is -0.508 e. The lowest BCUT2D eigenvalue weighted by Crippen LogP contribution is -2.21. The zero-order valence-corrected chi connectivity index (χ0v) is 18.7. The predicted molar refractivity (Wildman–Crippen MR) is 128 cm³/mol. The van der Waals surface area contributed by atoms with Gasteiger partial charge in [0.15, 0.2) is 18.1 Å². The molecular weight excluding hydrogens is 453 g/mol. The maximum absolute atomic E-state index is 13.7. The van der Waals surface area contributed by atoms with Gasteiger partial charge in [0.05, 0.1) is 12.3 Å². The normalized spacial score (nSPS) is 10.7. The number of phenols is 1. The number of carbonyl (C=O) groups excluding carboxylic acids is 2. The van der Waals surface area contributed by atoms with E-state index in [9.17, 15) is 24.3 Å². The van der Waals surface area contributed by atoms with Gasteiger partial charge in [-0.05, 0) is 67.1 Å². The number of nitrogens with one attached hydrogen (secondary N) is 2. The number of nitrogens with zero attached hydrogens (tertiary/aromatic N) is 1. The average molecular weight is 475 g/mol. The second kappa shape index (κ2) is 11.9. The SMILES string of the molecule is CCOc1cc(C=C(C#N)C(=O)Nc2ccc(O)cc2)ccc1OCC(=O)Nc1ccccc1F. The summed E-state index contributed by atoms with van der Waals surface area (Å²) >= 11 is 0. The summed E-state index contributed by atoms with van der Waals surface area (Å²) in [6.07, 6.45) is 1.38. The van der Waals surface area contributed by atoms with Gasteiger partial charge in [-0.3, -0.25) is 9.59 Å². The van der Waals surface area contributed by atoms with Gasteiger partial charge < -0.3 is 25.2 Å². The summed E-state index contributed by atoms with van der Waals surface area (Å²) in [6, 6.07) is 18.2. The number of halogens is 1. The van der Waals surface area contributed by atoms with E-state index in [4.69, 9.17) is 9.47 Å². The van der Waals surface area contributed by atoms with Crippen LogP contribution in [-0.2, 0) is 9.59 Å². The molecule has 0 unspecified atom stereocenters. The van der Waals surface area contributed by atoms with Crippen molar-refractivity contribution in [1.29, 1.82) is 5.26 Å². The van der Waals surface area contributed by atoms with Crippen LogP contribution in [0.5, 0.6) is 17.2 Å². The number of para-hydroxylation sites is 1. The monoisotopic (exact) mass is 475 g/mol. The van der Waals surface area contributed by atoms with Gasteiger partial charge in [-0.15, -0.1) is 0 Å². The highest BCUT2D eigenvalue weighted by molar-refractivity contribution is 6.09. The van der Waals surface area contributed by atoms with E-state index < -0.39 is 17.6 Å². The summed E-state index contributed by atoms with van der Waals surface area (Å²) in [6.45, 7) is 1.68.